The lowest BCUT2D eigenvalue weighted by atomic mass is 10.3. The van der Waals surface area contributed by atoms with E-state index in [1.807, 2.05) is 24.3 Å². The summed E-state index contributed by atoms with van der Waals surface area (Å²) in [7, 11) is 0. The molecule has 5 heteroatoms. The van der Waals surface area contributed by atoms with Gasteiger partial charge in [0.25, 0.3) is 0 Å². The van der Waals surface area contributed by atoms with Crippen molar-refractivity contribution in [2.24, 2.45) is 0 Å². The van der Waals surface area contributed by atoms with Crippen molar-refractivity contribution in [1.29, 1.82) is 0 Å². The van der Waals surface area contributed by atoms with Crippen LogP contribution in [0.4, 0.5) is 0 Å². The molecule has 14 heavy (non-hydrogen) atoms. The minimum Gasteiger partial charge on any atom is -0.411 e. The lowest BCUT2D eigenvalue weighted by Gasteiger charge is -1.99. The lowest BCUT2D eigenvalue weighted by molar-refractivity contribution is 0.323. The normalized spacial score (nSPS) is 10.1. The van der Waals surface area contributed by atoms with Gasteiger partial charge in [-0.15, -0.1) is 0 Å². The van der Waals surface area contributed by atoms with Gasteiger partial charge in [-0.1, -0.05) is 22.0 Å². The maximum absolute atomic E-state index is 5.34. The highest BCUT2D eigenvalue weighted by Crippen LogP contribution is 2.25. The van der Waals surface area contributed by atoms with Crippen molar-refractivity contribution < 1.29 is 9.15 Å². The Morgan fingerprint density at radius 3 is 2.79 bits per heavy atom. The molecule has 0 aliphatic heterocycles. The number of aromatic nitrogens is 1. The Bertz CT molecular complexity index is 442. The zero-order valence-electron chi connectivity index (χ0n) is 6.91. The van der Waals surface area contributed by atoms with Crippen molar-refractivity contribution in [1.82, 2.24) is 4.98 Å². The summed E-state index contributed by atoms with van der Waals surface area (Å²) >= 11 is 6.48. The molecule has 0 N–H and O–H groups in total. The van der Waals surface area contributed by atoms with Gasteiger partial charge in [0.15, 0.2) is 4.67 Å². The minimum absolute atomic E-state index is 0.218. The molecule has 0 saturated carbocycles. The number of halogens is 2. The second kappa shape index (κ2) is 4.14. The fraction of sp³-hybridized carbons (Fsp3) is 0. The quantitative estimate of drug-likeness (QED) is 0.839. The van der Waals surface area contributed by atoms with E-state index in [0.29, 0.717) is 10.4 Å². The number of benzene rings is 1. The van der Waals surface area contributed by atoms with Crippen molar-refractivity contribution in [2.75, 3.05) is 0 Å². The fourth-order valence-electron chi connectivity index (χ4n) is 0.918. The topological polar surface area (TPSA) is 35.3 Å². The summed E-state index contributed by atoms with van der Waals surface area (Å²) in [4.78, 5) is 3.89. The van der Waals surface area contributed by atoms with Crippen molar-refractivity contribution in [3.63, 3.8) is 0 Å². The van der Waals surface area contributed by atoms with Gasteiger partial charge in [-0.2, -0.15) is 4.98 Å². The number of rotatable bonds is 2. The number of ether oxygens (including phenoxy) is 1. The first kappa shape index (κ1) is 9.73. The van der Waals surface area contributed by atoms with Crippen LogP contribution in [-0.2, 0) is 0 Å². The highest BCUT2D eigenvalue weighted by atomic mass is 79.9. The number of hydrogen-bond donors (Lipinski definition) is 0. The minimum atomic E-state index is 0.218. The standard InChI is InChI=1S/C9H5Br2NO2/c10-6-2-1-3-7(4-6)13-9-12-5-8(11)14-9/h1-5H. The van der Waals surface area contributed by atoms with Crippen LogP contribution >= 0.6 is 31.9 Å². The van der Waals surface area contributed by atoms with Gasteiger partial charge < -0.3 is 9.15 Å². The van der Waals surface area contributed by atoms with Gasteiger partial charge in [-0.3, -0.25) is 0 Å². The van der Waals surface area contributed by atoms with E-state index >= 15 is 0 Å². The maximum Gasteiger partial charge on any atom is 0.400 e. The van der Waals surface area contributed by atoms with Crippen LogP contribution < -0.4 is 4.74 Å². The van der Waals surface area contributed by atoms with Crippen LogP contribution in [0.1, 0.15) is 0 Å². The molecule has 1 aromatic heterocycles. The van der Waals surface area contributed by atoms with Crippen LogP contribution in [0.3, 0.4) is 0 Å². The highest BCUT2D eigenvalue weighted by Gasteiger charge is 2.03. The molecule has 2 rings (SSSR count). The summed E-state index contributed by atoms with van der Waals surface area (Å²) in [6, 6.07) is 7.44. The molecular weight excluding hydrogens is 314 g/mol. The summed E-state index contributed by atoms with van der Waals surface area (Å²) < 4.78 is 11.9. The van der Waals surface area contributed by atoms with E-state index in [1.165, 1.54) is 6.20 Å². The lowest BCUT2D eigenvalue weighted by Crippen LogP contribution is -1.82. The average Bonchev–Trinajstić information content (AvgIpc) is 2.51. The molecule has 0 atom stereocenters. The molecule has 0 amide bonds. The summed E-state index contributed by atoms with van der Waals surface area (Å²) in [5.41, 5.74) is 0. The molecule has 0 spiro atoms. The van der Waals surface area contributed by atoms with Gasteiger partial charge in [0, 0.05) is 4.47 Å². The first-order chi connectivity index (χ1) is 6.74. The van der Waals surface area contributed by atoms with Crippen molar-refractivity contribution in [2.45, 2.75) is 0 Å². The average molecular weight is 319 g/mol. The van der Waals surface area contributed by atoms with Crippen LogP contribution in [-0.4, -0.2) is 4.98 Å². The smallest absolute Gasteiger partial charge is 0.400 e. The highest BCUT2D eigenvalue weighted by molar-refractivity contribution is 9.10. The predicted octanol–water partition coefficient (Wildman–Crippen LogP) is 3.99. The van der Waals surface area contributed by atoms with Crippen LogP contribution in [0, 0.1) is 0 Å². The Labute approximate surface area is 97.4 Å². The fourth-order valence-corrected chi connectivity index (χ4v) is 1.54. The molecule has 0 aliphatic rings. The molecule has 1 heterocycles. The Hall–Kier alpha value is -0.810. The molecule has 2 aromatic rings. The Morgan fingerprint density at radius 2 is 2.14 bits per heavy atom. The zero-order chi connectivity index (χ0) is 9.97. The summed E-state index contributed by atoms with van der Waals surface area (Å²) in [6.07, 6.45) is 1.75. The van der Waals surface area contributed by atoms with E-state index < -0.39 is 0 Å². The zero-order valence-corrected chi connectivity index (χ0v) is 10.1. The second-order valence-electron chi connectivity index (χ2n) is 2.49. The molecule has 0 saturated heterocycles. The Balaban J connectivity index is 2.18. The van der Waals surface area contributed by atoms with Gasteiger partial charge in [0.1, 0.15) is 5.75 Å². The Kier molecular flexibility index (Phi) is 2.88. The third kappa shape index (κ3) is 2.36. The summed E-state index contributed by atoms with van der Waals surface area (Å²) in [5, 5.41) is 0. The monoisotopic (exact) mass is 317 g/mol. The molecule has 72 valence electrons. The maximum atomic E-state index is 5.34. The van der Waals surface area contributed by atoms with Gasteiger partial charge >= 0.3 is 6.08 Å². The second-order valence-corrected chi connectivity index (χ2v) is 4.19. The van der Waals surface area contributed by atoms with Crippen molar-refractivity contribution >= 4 is 31.9 Å². The summed E-state index contributed by atoms with van der Waals surface area (Å²) in [5.74, 6) is 0.675. The third-order valence-corrected chi connectivity index (χ3v) is 2.32. The van der Waals surface area contributed by atoms with E-state index in [-0.39, 0.29) is 6.08 Å². The molecule has 3 nitrogen and oxygen atoms in total. The molecule has 0 unspecified atom stereocenters. The summed E-state index contributed by atoms with van der Waals surface area (Å²) in [6.45, 7) is 0. The van der Waals surface area contributed by atoms with E-state index in [2.05, 4.69) is 36.8 Å². The molecule has 0 bridgehead atoms. The first-order valence-corrected chi connectivity index (χ1v) is 5.37. The van der Waals surface area contributed by atoms with E-state index in [1.54, 1.807) is 0 Å². The largest absolute Gasteiger partial charge is 0.411 e. The van der Waals surface area contributed by atoms with E-state index in [9.17, 15) is 0 Å². The van der Waals surface area contributed by atoms with Crippen LogP contribution in [0.5, 0.6) is 11.8 Å². The molecule has 0 aliphatic carbocycles. The van der Waals surface area contributed by atoms with E-state index in [0.717, 1.165) is 4.47 Å². The van der Waals surface area contributed by atoms with Crippen LogP contribution in [0.25, 0.3) is 0 Å². The van der Waals surface area contributed by atoms with Gasteiger partial charge in [-0.25, -0.2) is 0 Å². The Morgan fingerprint density at radius 1 is 1.29 bits per heavy atom. The van der Waals surface area contributed by atoms with Crippen molar-refractivity contribution in [3.05, 3.63) is 39.6 Å². The number of hydrogen-bond acceptors (Lipinski definition) is 3. The van der Waals surface area contributed by atoms with Crippen LogP contribution in [0.2, 0.25) is 0 Å². The number of nitrogens with zero attached hydrogens (tertiary/aromatic N) is 1. The first-order valence-electron chi connectivity index (χ1n) is 3.79. The van der Waals surface area contributed by atoms with Gasteiger partial charge in [0.2, 0.25) is 0 Å². The molecular formula is C9H5Br2NO2. The third-order valence-electron chi connectivity index (χ3n) is 1.46. The van der Waals surface area contributed by atoms with Crippen molar-refractivity contribution in [3.8, 4) is 11.8 Å². The van der Waals surface area contributed by atoms with E-state index in [4.69, 9.17) is 9.15 Å². The molecule has 0 radical (unpaired) electrons. The van der Waals surface area contributed by atoms with Crippen LogP contribution in [0.15, 0.2) is 44.0 Å². The number of oxazole rings is 1. The molecule has 1 aromatic carbocycles. The SMILES string of the molecule is Brc1cccc(Oc2ncc(Br)o2)c1. The van der Waals surface area contributed by atoms with Gasteiger partial charge in [0.05, 0.1) is 6.20 Å². The predicted molar refractivity (Wildman–Crippen MR) is 58.4 cm³/mol. The molecule has 0 fully saturated rings. The van der Waals surface area contributed by atoms with Gasteiger partial charge in [-0.05, 0) is 34.1 Å².